The number of benzene rings is 1. The second-order valence-corrected chi connectivity index (χ2v) is 6.76. The van der Waals surface area contributed by atoms with Crippen molar-refractivity contribution in [1.29, 1.82) is 0 Å². The lowest BCUT2D eigenvalue weighted by atomic mass is 9.92. The summed E-state index contributed by atoms with van der Waals surface area (Å²) in [4.78, 5) is 2.67. The number of hydrogen-bond acceptors (Lipinski definition) is 2. The molecule has 0 radical (unpaired) electrons. The van der Waals surface area contributed by atoms with Crippen LogP contribution >= 0.6 is 0 Å². The van der Waals surface area contributed by atoms with Crippen molar-refractivity contribution in [2.24, 2.45) is 0 Å². The molecule has 20 heavy (non-hydrogen) atoms. The summed E-state index contributed by atoms with van der Waals surface area (Å²) in [5.74, 6) is 0. The van der Waals surface area contributed by atoms with Crippen molar-refractivity contribution in [2.75, 3.05) is 13.1 Å². The first-order valence-corrected chi connectivity index (χ1v) is 8.02. The fraction of sp³-hybridized carbons (Fsp3) is 0.667. The number of piperazine rings is 1. The van der Waals surface area contributed by atoms with Gasteiger partial charge in [0.2, 0.25) is 0 Å². The van der Waals surface area contributed by atoms with E-state index in [1.165, 1.54) is 29.5 Å². The molecule has 0 aromatic heterocycles. The highest BCUT2D eigenvalue weighted by molar-refractivity contribution is 5.28. The largest absolute Gasteiger partial charge is 0.309 e. The third-order valence-corrected chi connectivity index (χ3v) is 4.75. The third kappa shape index (κ3) is 3.62. The van der Waals surface area contributed by atoms with Gasteiger partial charge >= 0.3 is 0 Å². The zero-order valence-electron chi connectivity index (χ0n) is 13.8. The predicted octanol–water partition coefficient (Wildman–Crippen LogP) is 3.66. The Labute approximate surface area is 124 Å². The van der Waals surface area contributed by atoms with Crippen molar-refractivity contribution in [1.82, 2.24) is 10.2 Å². The molecule has 2 rings (SSSR count). The van der Waals surface area contributed by atoms with Crippen LogP contribution in [0.3, 0.4) is 0 Å². The zero-order chi connectivity index (χ0) is 14.8. The molecule has 0 bridgehead atoms. The molecule has 1 saturated heterocycles. The van der Waals surface area contributed by atoms with Gasteiger partial charge in [-0.1, -0.05) is 43.2 Å². The summed E-state index contributed by atoms with van der Waals surface area (Å²) in [5.41, 5.74) is 4.48. The van der Waals surface area contributed by atoms with E-state index in [0.717, 1.165) is 19.6 Å². The summed E-state index contributed by atoms with van der Waals surface area (Å²) in [7, 11) is 0. The molecular weight excluding hydrogens is 244 g/mol. The maximum atomic E-state index is 3.74. The molecule has 1 aromatic carbocycles. The molecule has 0 saturated carbocycles. The molecule has 1 aliphatic rings. The lowest BCUT2D eigenvalue weighted by Crippen LogP contribution is -2.62. The molecular formula is C18H30N2. The number of aryl methyl sites for hydroxylation is 2. The van der Waals surface area contributed by atoms with Crippen molar-refractivity contribution in [2.45, 2.75) is 65.6 Å². The third-order valence-electron chi connectivity index (χ3n) is 4.75. The molecule has 1 N–H and O–H groups in total. The molecule has 1 aromatic rings. The quantitative estimate of drug-likeness (QED) is 0.901. The van der Waals surface area contributed by atoms with Crippen LogP contribution < -0.4 is 5.32 Å². The maximum Gasteiger partial charge on any atom is 0.0278 e. The van der Waals surface area contributed by atoms with Crippen LogP contribution in [0, 0.1) is 13.8 Å². The first-order valence-electron chi connectivity index (χ1n) is 8.02. The summed E-state index contributed by atoms with van der Waals surface area (Å²) >= 11 is 0. The Morgan fingerprint density at radius 1 is 1.20 bits per heavy atom. The highest BCUT2D eigenvalue weighted by atomic mass is 15.2. The minimum Gasteiger partial charge on any atom is -0.309 e. The second-order valence-electron chi connectivity index (χ2n) is 6.76. The van der Waals surface area contributed by atoms with Gasteiger partial charge in [0.25, 0.3) is 0 Å². The first kappa shape index (κ1) is 15.5. The van der Waals surface area contributed by atoms with Crippen LogP contribution in [0.25, 0.3) is 0 Å². The van der Waals surface area contributed by atoms with Gasteiger partial charge < -0.3 is 5.32 Å². The maximum absolute atomic E-state index is 3.74. The van der Waals surface area contributed by atoms with Crippen molar-refractivity contribution < 1.29 is 0 Å². The summed E-state index contributed by atoms with van der Waals surface area (Å²) < 4.78 is 0. The highest BCUT2D eigenvalue weighted by Gasteiger charge is 2.33. The van der Waals surface area contributed by atoms with E-state index in [9.17, 15) is 0 Å². The van der Waals surface area contributed by atoms with E-state index in [2.05, 4.69) is 63.0 Å². The van der Waals surface area contributed by atoms with Gasteiger partial charge in [-0.15, -0.1) is 0 Å². The van der Waals surface area contributed by atoms with Crippen molar-refractivity contribution in [3.05, 3.63) is 34.9 Å². The number of nitrogens with zero attached hydrogens (tertiary/aromatic N) is 1. The number of nitrogens with one attached hydrogen (secondary N) is 1. The average molecular weight is 274 g/mol. The minimum atomic E-state index is 0.268. The Balaban J connectivity index is 2.15. The molecule has 0 aliphatic carbocycles. The van der Waals surface area contributed by atoms with Crippen molar-refractivity contribution >= 4 is 0 Å². The Morgan fingerprint density at radius 3 is 2.40 bits per heavy atom. The van der Waals surface area contributed by atoms with Gasteiger partial charge in [-0.2, -0.15) is 0 Å². The van der Waals surface area contributed by atoms with Crippen molar-refractivity contribution in [3.63, 3.8) is 0 Å². The van der Waals surface area contributed by atoms with E-state index < -0.39 is 0 Å². The Kier molecular flexibility index (Phi) is 4.87. The monoisotopic (exact) mass is 274 g/mol. The van der Waals surface area contributed by atoms with Crippen LogP contribution in [-0.2, 0) is 6.54 Å². The topological polar surface area (TPSA) is 15.3 Å². The van der Waals surface area contributed by atoms with E-state index in [1.807, 2.05) is 0 Å². The zero-order valence-corrected chi connectivity index (χ0v) is 13.8. The van der Waals surface area contributed by atoms with Gasteiger partial charge in [0.05, 0.1) is 0 Å². The lowest BCUT2D eigenvalue weighted by molar-refractivity contribution is 0.0755. The molecule has 0 amide bonds. The molecule has 2 atom stereocenters. The molecule has 2 nitrogen and oxygen atoms in total. The first-order chi connectivity index (χ1) is 9.45. The second kappa shape index (κ2) is 6.28. The van der Waals surface area contributed by atoms with Crippen LogP contribution in [-0.4, -0.2) is 29.6 Å². The average Bonchev–Trinajstić information content (AvgIpc) is 2.38. The molecule has 1 heterocycles. The van der Waals surface area contributed by atoms with Gasteiger partial charge in [0.15, 0.2) is 0 Å². The Bertz CT molecular complexity index is 434. The summed E-state index contributed by atoms with van der Waals surface area (Å²) in [6.45, 7) is 14.7. The fourth-order valence-corrected chi connectivity index (χ4v) is 3.35. The highest BCUT2D eigenvalue weighted by Crippen LogP contribution is 2.23. The Hall–Kier alpha value is -0.860. The molecule has 0 spiro atoms. The molecule has 1 aliphatic heterocycles. The normalized spacial score (nSPS) is 27.8. The van der Waals surface area contributed by atoms with Gasteiger partial charge in [0.1, 0.15) is 0 Å². The smallest absolute Gasteiger partial charge is 0.0278 e. The summed E-state index contributed by atoms with van der Waals surface area (Å²) in [6, 6.07) is 7.60. The Morgan fingerprint density at radius 2 is 1.85 bits per heavy atom. The fourth-order valence-electron chi connectivity index (χ4n) is 3.35. The van der Waals surface area contributed by atoms with E-state index in [1.54, 1.807) is 0 Å². The molecule has 2 heteroatoms. The number of rotatable bonds is 4. The van der Waals surface area contributed by atoms with Gasteiger partial charge in [-0.3, -0.25) is 4.90 Å². The van der Waals surface area contributed by atoms with Gasteiger partial charge in [-0.05, 0) is 39.2 Å². The SMILES string of the molecule is CCC1CNC(C)(CC)CN1Cc1cc(C)cc(C)c1. The van der Waals surface area contributed by atoms with E-state index in [0.29, 0.717) is 6.04 Å². The lowest BCUT2D eigenvalue weighted by Gasteiger charge is -2.46. The van der Waals surface area contributed by atoms with Crippen molar-refractivity contribution in [3.8, 4) is 0 Å². The summed E-state index contributed by atoms with van der Waals surface area (Å²) in [6.07, 6.45) is 2.41. The number of hydrogen-bond donors (Lipinski definition) is 1. The van der Waals surface area contributed by atoms with E-state index in [-0.39, 0.29) is 5.54 Å². The van der Waals surface area contributed by atoms with Crippen LogP contribution in [0.15, 0.2) is 18.2 Å². The van der Waals surface area contributed by atoms with Gasteiger partial charge in [-0.25, -0.2) is 0 Å². The molecule has 1 fully saturated rings. The van der Waals surface area contributed by atoms with Crippen LogP contribution in [0.1, 0.15) is 50.3 Å². The van der Waals surface area contributed by atoms with Crippen LogP contribution in [0.4, 0.5) is 0 Å². The van der Waals surface area contributed by atoms with E-state index in [4.69, 9.17) is 0 Å². The van der Waals surface area contributed by atoms with Crippen LogP contribution in [0.5, 0.6) is 0 Å². The van der Waals surface area contributed by atoms with Gasteiger partial charge in [0, 0.05) is 31.2 Å². The standard InChI is InChI=1S/C18H30N2/c1-6-17-11-19-18(5,7-2)13-20(17)12-16-9-14(3)8-15(4)10-16/h8-10,17,19H,6-7,11-13H2,1-5H3. The molecule has 112 valence electrons. The minimum absolute atomic E-state index is 0.268. The molecule has 2 unspecified atom stereocenters. The predicted molar refractivity (Wildman–Crippen MR) is 87.1 cm³/mol. The van der Waals surface area contributed by atoms with E-state index >= 15 is 0 Å². The summed E-state index contributed by atoms with van der Waals surface area (Å²) in [5, 5.41) is 3.74. The van der Waals surface area contributed by atoms with Crippen LogP contribution in [0.2, 0.25) is 0 Å².